The van der Waals surface area contributed by atoms with Gasteiger partial charge in [0.25, 0.3) is 5.91 Å². The third-order valence-electron chi connectivity index (χ3n) is 3.15. The van der Waals surface area contributed by atoms with Gasteiger partial charge in [0, 0.05) is 5.69 Å². The lowest BCUT2D eigenvalue weighted by molar-refractivity contribution is -0.119. The van der Waals surface area contributed by atoms with Crippen molar-refractivity contribution in [2.75, 3.05) is 11.9 Å². The molecule has 23 heavy (non-hydrogen) atoms. The number of anilines is 1. The predicted octanol–water partition coefficient (Wildman–Crippen LogP) is 3.38. The third kappa shape index (κ3) is 4.35. The Bertz CT molecular complexity index is 759. The van der Waals surface area contributed by atoms with Crippen LogP contribution in [0, 0.1) is 25.5 Å². The first-order chi connectivity index (χ1) is 10.9. The molecule has 0 aromatic heterocycles. The SMILES string of the molecule is Cc1ccc(C)c(NC(=O)COC(=O)c2cc(F)ccc2F)c1. The Morgan fingerprint density at radius 2 is 1.83 bits per heavy atom. The van der Waals surface area contributed by atoms with Gasteiger partial charge in [0.2, 0.25) is 0 Å². The number of hydrogen-bond donors (Lipinski definition) is 1. The molecule has 2 rings (SSSR count). The Morgan fingerprint density at radius 1 is 1.09 bits per heavy atom. The molecule has 0 atom stereocenters. The van der Waals surface area contributed by atoms with Crippen molar-refractivity contribution in [1.29, 1.82) is 0 Å². The fourth-order valence-corrected chi connectivity index (χ4v) is 1.92. The number of benzene rings is 2. The van der Waals surface area contributed by atoms with Crippen molar-refractivity contribution in [3.8, 4) is 0 Å². The highest BCUT2D eigenvalue weighted by Gasteiger charge is 2.16. The summed E-state index contributed by atoms with van der Waals surface area (Å²) in [5.41, 5.74) is 1.86. The van der Waals surface area contributed by atoms with Gasteiger partial charge in [-0.1, -0.05) is 12.1 Å². The maximum absolute atomic E-state index is 13.4. The fourth-order valence-electron chi connectivity index (χ4n) is 1.92. The molecule has 120 valence electrons. The van der Waals surface area contributed by atoms with Crippen LogP contribution in [-0.4, -0.2) is 18.5 Å². The number of carbonyl (C=O) groups is 2. The number of ether oxygens (including phenoxy) is 1. The number of nitrogens with one attached hydrogen (secondary N) is 1. The quantitative estimate of drug-likeness (QED) is 0.879. The molecule has 0 unspecified atom stereocenters. The van der Waals surface area contributed by atoms with Crippen molar-refractivity contribution in [2.24, 2.45) is 0 Å². The molecule has 0 aliphatic heterocycles. The van der Waals surface area contributed by atoms with Crippen LogP contribution in [0.2, 0.25) is 0 Å². The fraction of sp³-hybridized carbons (Fsp3) is 0.176. The highest BCUT2D eigenvalue weighted by Crippen LogP contribution is 2.16. The van der Waals surface area contributed by atoms with Gasteiger partial charge in [0.15, 0.2) is 6.61 Å². The van der Waals surface area contributed by atoms with E-state index in [0.29, 0.717) is 5.69 Å². The van der Waals surface area contributed by atoms with Crippen LogP contribution in [-0.2, 0) is 9.53 Å². The van der Waals surface area contributed by atoms with E-state index in [1.54, 1.807) is 6.07 Å². The number of carbonyl (C=O) groups excluding carboxylic acids is 2. The lowest BCUT2D eigenvalue weighted by Crippen LogP contribution is -2.21. The normalized spacial score (nSPS) is 10.3. The summed E-state index contributed by atoms with van der Waals surface area (Å²) in [4.78, 5) is 23.5. The number of hydrogen-bond acceptors (Lipinski definition) is 3. The van der Waals surface area contributed by atoms with E-state index >= 15 is 0 Å². The molecule has 0 aliphatic carbocycles. The molecule has 1 amide bonds. The average Bonchev–Trinajstić information content (AvgIpc) is 2.51. The van der Waals surface area contributed by atoms with E-state index < -0.39 is 35.7 Å². The molecule has 0 bridgehead atoms. The molecule has 2 aromatic carbocycles. The van der Waals surface area contributed by atoms with Gasteiger partial charge >= 0.3 is 5.97 Å². The van der Waals surface area contributed by atoms with Crippen molar-refractivity contribution in [1.82, 2.24) is 0 Å². The van der Waals surface area contributed by atoms with Crippen LogP contribution < -0.4 is 5.32 Å². The minimum atomic E-state index is -1.10. The maximum atomic E-state index is 13.4. The summed E-state index contributed by atoms with van der Waals surface area (Å²) in [5, 5.41) is 2.60. The summed E-state index contributed by atoms with van der Waals surface area (Å²) in [7, 11) is 0. The smallest absolute Gasteiger partial charge is 0.341 e. The van der Waals surface area contributed by atoms with Gasteiger partial charge in [-0.3, -0.25) is 4.79 Å². The van der Waals surface area contributed by atoms with Crippen LogP contribution in [0.15, 0.2) is 36.4 Å². The number of esters is 1. The molecule has 0 radical (unpaired) electrons. The van der Waals surface area contributed by atoms with Gasteiger partial charge in [-0.2, -0.15) is 0 Å². The predicted molar refractivity (Wildman–Crippen MR) is 81.2 cm³/mol. The Morgan fingerprint density at radius 3 is 2.57 bits per heavy atom. The van der Waals surface area contributed by atoms with Gasteiger partial charge in [-0.25, -0.2) is 13.6 Å². The molecule has 4 nitrogen and oxygen atoms in total. The Balaban J connectivity index is 1.97. The van der Waals surface area contributed by atoms with Crippen LogP contribution in [0.5, 0.6) is 0 Å². The summed E-state index contributed by atoms with van der Waals surface area (Å²) in [6.07, 6.45) is 0. The summed E-state index contributed by atoms with van der Waals surface area (Å²) in [6.45, 7) is 3.10. The molecule has 2 aromatic rings. The first kappa shape index (κ1) is 16.6. The highest BCUT2D eigenvalue weighted by molar-refractivity contribution is 5.96. The molecule has 0 spiro atoms. The first-order valence-electron chi connectivity index (χ1n) is 6.86. The largest absolute Gasteiger partial charge is 0.452 e. The molecular weight excluding hydrogens is 304 g/mol. The second-order valence-electron chi connectivity index (χ2n) is 5.07. The molecular formula is C17H15F2NO3. The zero-order chi connectivity index (χ0) is 17.0. The summed E-state index contributed by atoms with van der Waals surface area (Å²) < 4.78 is 31.2. The molecule has 0 saturated heterocycles. The third-order valence-corrected chi connectivity index (χ3v) is 3.15. The lowest BCUT2D eigenvalue weighted by Gasteiger charge is -2.10. The number of amides is 1. The van der Waals surface area contributed by atoms with E-state index in [-0.39, 0.29) is 0 Å². The average molecular weight is 319 g/mol. The second-order valence-corrected chi connectivity index (χ2v) is 5.07. The molecule has 6 heteroatoms. The summed E-state index contributed by atoms with van der Waals surface area (Å²) >= 11 is 0. The monoisotopic (exact) mass is 319 g/mol. The standard InChI is InChI=1S/C17H15F2NO3/c1-10-3-4-11(2)15(7-10)20-16(21)9-23-17(22)13-8-12(18)5-6-14(13)19/h3-8H,9H2,1-2H3,(H,20,21). The number of halogens is 2. The molecule has 0 saturated carbocycles. The Labute approximate surface area is 132 Å². The van der Waals surface area contributed by atoms with Gasteiger partial charge in [-0.15, -0.1) is 0 Å². The minimum absolute atomic E-state index is 0.551. The van der Waals surface area contributed by atoms with E-state index in [1.165, 1.54) is 0 Å². The molecule has 0 fully saturated rings. The molecule has 0 aliphatic rings. The van der Waals surface area contributed by atoms with Crippen LogP contribution in [0.25, 0.3) is 0 Å². The first-order valence-corrected chi connectivity index (χ1v) is 6.86. The van der Waals surface area contributed by atoms with Crippen LogP contribution in [0.3, 0.4) is 0 Å². The maximum Gasteiger partial charge on any atom is 0.341 e. The van der Waals surface area contributed by atoms with Crippen LogP contribution >= 0.6 is 0 Å². The Kier molecular flexibility index (Phi) is 5.05. The summed E-state index contributed by atoms with van der Waals surface area (Å²) in [5.74, 6) is -3.34. The molecule has 0 heterocycles. The van der Waals surface area contributed by atoms with Crippen molar-refractivity contribution >= 4 is 17.6 Å². The van der Waals surface area contributed by atoms with Crippen LogP contribution in [0.4, 0.5) is 14.5 Å². The van der Waals surface area contributed by atoms with E-state index in [9.17, 15) is 18.4 Å². The Hall–Kier alpha value is -2.76. The topological polar surface area (TPSA) is 55.4 Å². The van der Waals surface area contributed by atoms with Gasteiger partial charge in [0.05, 0.1) is 5.56 Å². The van der Waals surface area contributed by atoms with Crippen molar-refractivity contribution in [3.63, 3.8) is 0 Å². The minimum Gasteiger partial charge on any atom is -0.452 e. The second kappa shape index (κ2) is 7.00. The highest BCUT2D eigenvalue weighted by atomic mass is 19.1. The zero-order valence-electron chi connectivity index (χ0n) is 12.7. The van der Waals surface area contributed by atoms with E-state index in [0.717, 1.165) is 29.3 Å². The van der Waals surface area contributed by atoms with E-state index in [1.807, 2.05) is 26.0 Å². The van der Waals surface area contributed by atoms with Crippen molar-refractivity contribution < 1.29 is 23.1 Å². The van der Waals surface area contributed by atoms with Gasteiger partial charge in [-0.05, 0) is 49.2 Å². The van der Waals surface area contributed by atoms with Crippen LogP contribution in [0.1, 0.15) is 21.5 Å². The summed E-state index contributed by atoms with van der Waals surface area (Å²) in [6, 6.07) is 7.96. The number of aryl methyl sites for hydroxylation is 2. The van der Waals surface area contributed by atoms with Gasteiger partial charge < -0.3 is 10.1 Å². The van der Waals surface area contributed by atoms with Crippen molar-refractivity contribution in [3.05, 3.63) is 64.7 Å². The van der Waals surface area contributed by atoms with E-state index in [4.69, 9.17) is 4.74 Å². The zero-order valence-corrected chi connectivity index (χ0v) is 12.7. The van der Waals surface area contributed by atoms with Crippen molar-refractivity contribution in [2.45, 2.75) is 13.8 Å². The number of rotatable bonds is 4. The molecule has 1 N–H and O–H groups in total. The van der Waals surface area contributed by atoms with Gasteiger partial charge in [0.1, 0.15) is 11.6 Å². The lowest BCUT2D eigenvalue weighted by atomic mass is 10.1. The van der Waals surface area contributed by atoms with E-state index in [2.05, 4.69) is 5.32 Å².